The number of carbonyl (C=O) groups excluding carboxylic acids is 14. The van der Waals surface area contributed by atoms with E-state index in [1.54, 1.807) is 62.7 Å². The fourth-order valence-electron chi connectivity index (χ4n) is 12.0. The predicted molar refractivity (Wildman–Crippen MR) is 394 cm³/mol. The topological polar surface area (TPSA) is 561 Å². The van der Waals surface area contributed by atoms with Gasteiger partial charge in [0.25, 0.3) is 5.91 Å². The van der Waals surface area contributed by atoms with Crippen LogP contribution in [-0.4, -0.2) is 215 Å². The van der Waals surface area contributed by atoms with Gasteiger partial charge in [-0.15, -0.1) is 0 Å². The van der Waals surface area contributed by atoms with Crippen molar-refractivity contribution in [3.63, 3.8) is 0 Å². The van der Waals surface area contributed by atoms with E-state index in [0.29, 0.717) is 52.6 Å². The number of para-hydroxylation sites is 1. The van der Waals surface area contributed by atoms with Crippen LogP contribution in [0.4, 0.5) is 0 Å². The van der Waals surface area contributed by atoms with Crippen LogP contribution in [0.2, 0.25) is 0 Å². The number of H-pyrrole nitrogens is 1. The molecule has 3 aromatic rings. The number of nitrogens with zero attached hydrogens (tertiary/aromatic N) is 2. The van der Waals surface area contributed by atoms with Crippen molar-refractivity contribution in [3.8, 4) is 5.75 Å². The quantitative estimate of drug-likeness (QED) is 0.0285. The first-order valence-electron chi connectivity index (χ1n) is 35.4. The van der Waals surface area contributed by atoms with Crippen molar-refractivity contribution >= 4 is 141 Å². The lowest BCUT2D eigenvalue weighted by Gasteiger charge is -2.31. The van der Waals surface area contributed by atoms with Crippen molar-refractivity contribution < 1.29 is 91.9 Å². The van der Waals surface area contributed by atoms with Gasteiger partial charge in [-0.1, -0.05) is 49.7 Å². The summed E-state index contributed by atoms with van der Waals surface area (Å²) < 4.78 is 6.28. The zero-order valence-corrected chi connectivity index (χ0v) is 62.5. The maximum atomic E-state index is 15.2. The van der Waals surface area contributed by atoms with E-state index in [2.05, 4.69) is 63.0 Å². The summed E-state index contributed by atoms with van der Waals surface area (Å²) in [5, 5.41) is 52.1. The number of carboxylic acids is 2. The first kappa shape index (κ1) is 86.1. The minimum absolute atomic E-state index is 0.0000678. The molecular weight excluding hydrogens is 1450 g/mol. The normalized spacial score (nSPS) is 24.4. The van der Waals surface area contributed by atoms with Gasteiger partial charge in [-0.05, 0) is 130 Å². The average Bonchev–Trinajstić information content (AvgIpc) is 1.74. The molecule has 6 rings (SSSR count). The summed E-state index contributed by atoms with van der Waals surface area (Å²) in [6.45, 7) is 3.84. The molecule has 35 nitrogen and oxygen atoms in total. The number of aliphatic carboxylic acids is 2. The molecule has 0 unspecified atom stereocenters. The van der Waals surface area contributed by atoms with Crippen molar-refractivity contribution in [1.82, 2.24) is 57.7 Å². The number of ether oxygens (including phenoxy) is 1. The Morgan fingerprint density at radius 3 is 1.92 bits per heavy atom. The molecule has 19 N–H and O–H groups in total. The molecular formula is C69H98N17O18S3-. The van der Waals surface area contributed by atoms with Crippen molar-refractivity contribution in [2.45, 2.75) is 189 Å². The van der Waals surface area contributed by atoms with E-state index in [-0.39, 0.29) is 106 Å². The molecule has 38 heteroatoms. The van der Waals surface area contributed by atoms with Crippen LogP contribution < -0.4 is 90.7 Å². The summed E-state index contributed by atoms with van der Waals surface area (Å²) in [4.78, 5) is 208. The molecule has 4 heterocycles. The number of carbonyl (C=O) groups is 14. The predicted octanol–water partition coefficient (Wildman–Crippen LogP) is -5.45. The van der Waals surface area contributed by atoms with Crippen molar-refractivity contribution in [2.24, 2.45) is 34.0 Å². The number of rotatable bonds is 20. The summed E-state index contributed by atoms with van der Waals surface area (Å²) in [6, 6.07) is -3.32. The van der Waals surface area contributed by atoms with Gasteiger partial charge in [0, 0.05) is 77.9 Å². The number of primary amides is 2. The highest BCUT2D eigenvalue weighted by molar-refractivity contribution is 7.99. The number of carboxylic acid groups (broad SMARTS) is 2. The van der Waals surface area contributed by atoms with Gasteiger partial charge < -0.3 is 98.6 Å². The van der Waals surface area contributed by atoms with Gasteiger partial charge in [0.15, 0.2) is 0 Å². The zero-order chi connectivity index (χ0) is 78.1. The van der Waals surface area contributed by atoms with E-state index in [1.807, 2.05) is 6.07 Å². The van der Waals surface area contributed by atoms with Crippen molar-refractivity contribution in [1.29, 1.82) is 0 Å². The third-order valence-electron chi connectivity index (χ3n) is 17.9. The molecule has 0 saturated carbocycles. The van der Waals surface area contributed by atoms with E-state index >= 15 is 4.79 Å². The van der Waals surface area contributed by atoms with Crippen LogP contribution >= 0.6 is 35.3 Å². The Kier molecular flexibility index (Phi) is 35.7. The second-order valence-electron chi connectivity index (χ2n) is 26.2. The van der Waals surface area contributed by atoms with E-state index in [9.17, 15) is 72.5 Å². The number of oxime groups is 1. The highest BCUT2D eigenvalue weighted by Gasteiger charge is 2.41. The van der Waals surface area contributed by atoms with E-state index < -0.39 is 181 Å². The molecule has 12 amide bonds. The van der Waals surface area contributed by atoms with Gasteiger partial charge in [0.05, 0.1) is 13.2 Å². The van der Waals surface area contributed by atoms with Crippen molar-refractivity contribution in [2.75, 3.05) is 49.8 Å². The zero-order valence-electron chi connectivity index (χ0n) is 60.0. The molecule has 586 valence electrons. The Hall–Kier alpha value is -9.85. The average molecular weight is 1550 g/mol. The fraction of sp³-hybridized carbons (Fsp3) is 0.565. The highest BCUT2D eigenvalue weighted by atomic mass is 32.2. The number of fused-ring (bicyclic) bond motifs is 7. The van der Waals surface area contributed by atoms with Crippen molar-refractivity contribution in [3.05, 3.63) is 65.4 Å². The smallest absolute Gasteiger partial charge is 0.338 e. The Labute approximate surface area is 631 Å². The molecule has 3 aliphatic heterocycles. The van der Waals surface area contributed by atoms with Crippen LogP contribution in [0.1, 0.15) is 127 Å². The van der Waals surface area contributed by atoms with Gasteiger partial charge in [0.2, 0.25) is 65.0 Å². The van der Waals surface area contributed by atoms with E-state index in [0.717, 1.165) is 24.4 Å². The standard InChI is InChI=1S/C69H99N17O18S3/c1-4-38(2)58-67(101)82-49(30-41-32-75-44-14-8-7-13-43(41)44)64(98)79-46(17-19-54(70)87)61(95)78-47(18-20-56(89)90)62(96)83-51(59(71)93)36-106-34-39-27-40-29-42(28-39)103-24-9-5-6-10-25-104-76-33-55(88)77-45(15-11-22-74-69(72)73)60(94)84-52(37-107-35-40)68(102)86-23-12-16-53(86)66(100)80-48(21-26-105-3)63(97)81-50(31-57(91)92)65(99)85-58/h7-8,13-14,27-29,32-33,38,45-53,58,75H,4-6,9-12,15-26,30-31,34-37H2,1-3H3,(H2,70,87)(H2,71,93)(H,77,88)(H,78,95)(H,79,98)(H,80,100)(H,81,97)(H,82,101)(H,83,96)(H,84,94)(H,85,99)(H,89,90)(H,91,92)(H4,72,73,74)/p-1/b76-33+/t38-,45-,46-,47-,48-,49-,50-,51-,52-,53-,58-/m0/s1. The van der Waals surface area contributed by atoms with Gasteiger partial charge in [-0.2, -0.15) is 35.3 Å². The fourth-order valence-corrected chi connectivity index (χ4v) is 14.4. The maximum Gasteiger partial charge on any atom is 0.338 e. The van der Waals surface area contributed by atoms with Gasteiger partial charge in [-0.25, -0.2) is 0 Å². The monoisotopic (exact) mass is 1550 g/mol. The summed E-state index contributed by atoms with van der Waals surface area (Å²) in [6.07, 6.45) is 3.48. The molecule has 0 spiro atoms. The van der Waals surface area contributed by atoms with E-state index in [1.165, 1.54) is 28.4 Å². The molecule has 107 heavy (non-hydrogen) atoms. The number of aromatic nitrogens is 1. The highest BCUT2D eigenvalue weighted by Crippen LogP contribution is 2.28. The number of hydrogen-bond donors (Lipinski definition) is 15. The number of nitrogens with one attached hydrogen (secondary N) is 11. The summed E-state index contributed by atoms with van der Waals surface area (Å²) >= 11 is 3.65. The summed E-state index contributed by atoms with van der Waals surface area (Å²) in [7, 11) is 0. The second-order valence-corrected chi connectivity index (χ2v) is 29.2. The lowest BCUT2D eigenvalue weighted by Crippen LogP contribution is -2.78. The van der Waals surface area contributed by atoms with Gasteiger partial charge in [-0.3, -0.25) is 74.0 Å². The molecule has 1 saturated heterocycles. The SMILES string of the molecule is CC[C@H](C)[C@@H]1NC(=O)[C@H](CC(=O)[O-])NC(=O)[C@H](CCSC)NC(=O)[C@@H]2CCCN2C(=O)[C@@H]2CSCc3cc(cc(c3)OCCCCCCO/N=C/C(=O)N[C@@H](CCC[NH+]=C(N)N)C(=O)N2)CSC[C@@H](C(N)=O)NC(=O)[C@H](CCC(=O)[O-])NC(=O)[C@H](CCC(N)=O)NC(=O)[C@H](Cc2c[nH]c3ccccc23)NC1=O. The molecule has 2 aromatic carbocycles. The van der Waals surface area contributed by atoms with Crippen LogP contribution in [-0.2, 0) is 89.9 Å². The third-order valence-corrected chi connectivity index (χ3v) is 20.7. The number of guanidine groups is 1. The van der Waals surface area contributed by atoms with Crippen LogP contribution in [0.15, 0.2) is 53.8 Å². The molecule has 1 aromatic heterocycles. The lowest BCUT2D eigenvalue weighted by atomic mass is 9.96. The molecule has 3 aliphatic rings. The lowest BCUT2D eigenvalue weighted by molar-refractivity contribution is -0.459. The number of aromatic amines is 1. The molecule has 1 fully saturated rings. The number of benzene rings is 2. The van der Waals surface area contributed by atoms with Crippen LogP contribution in [0, 0.1) is 5.92 Å². The Balaban J connectivity index is 1.45. The molecule has 11 atom stereocenters. The molecule has 0 aliphatic carbocycles. The minimum Gasteiger partial charge on any atom is -0.550 e. The molecule has 4 bridgehead atoms. The number of amides is 12. The third kappa shape index (κ3) is 28.8. The Bertz CT molecular complexity index is 3690. The second kappa shape index (κ2) is 44.3. The van der Waals surface area contributed by atoms with Gasteiger partial charge in [0.1, 0.15) is 79.0 Å². The Morgan fingerprint density at radius 1 is 0.664 bits per heavy atom. The maximum absolute atomic E-state index is 15.2. The van der Waals surface area contributed by atoms with Crippen LogP contribution in [0.5, 0.6) is 5.75 Å². The largest absolute Gasteiger partial charge is 0.550 e. The first-order valence-corrected chi connectivity index (χ1v) is 39.1. The number of nitrogens with two attached hydrogens (primary N) is 4. The summed E-state index contributed by atoms with van der Waals surface area (Å²) in [5.41, 5.74) is 25.1. The minimum atomic E-state index is -1.98. The van der Waals surface area contributed by atoms with E-state index in [4.69, 9.17) is 32.5 Å². The Morgan fingerprint density at radius 2 is 1.26 bits per heavy atom. The first-order chi connectivity index (χ1) is 51.1. The number of hydrogen-bond acceptors (Lipinski definition) is 22. The van der Waals surface area contributed by atoms with Crippen LogP contribution in [0.25, 0.3) is 10.9 Å². The van der Waals surface area contributed by atoms with Crippen LogP contribution in [0.3, 0.4) is 0 Å². The van der Waals surface area contributed by atoms with Gasteiger partial charge >= 0.3 is 5.96 Å². The number of thioether (sulfide) groups is 3. The summed E-state index contributed by atoms with van der Waals surface area (Å²) in [5.74, 6) is -15.3. The molecule has 0 radical (unpaired) electrons.